The molecule has 2 aromatic heterocycles. The van der Waals surface area contributed by atoms with Crippen LogP contribution in [0.1, 0.15) is 34.1 Å². The number of aliphatic carboxylic acids is 1. The monoisotopic (exact) mass is 511 g/mol. The summed E-state index contributed by atoms with van der Waals surface area (Å²) >= 11 is 0. The summed E-state index contributed by atoms with van der Waals surface area (Å²) in [7, 11) is 0. The van der Waals surface area contributed by atoms with E-state index < -0.39 is 23.5 Å². The van der Waals surface area contributed by atoms with Crippen LogP contribution in [0, 0.1) is 20.8 Å². The van der Waals surface area contributed by atoms with E-state index in [2.05, 4.69) is 5.32 Å². The van der Waals surface area contributed by atoms with Crippen LogP contribution in [0.15, 0.2) is 74.3 Å². The molecule has 0 spiro atoms. The van der Waals surface area contributed by atoms with Crippen molar-refractivity contribution in [3.8, 4) is 16.9 Å². The van der Waals surface area contributed by atoms with Crippen molar-refractivity contribution in [1.29, 1.82) is 0 Å². The molecule has 1 unspecified atom stereocenters. The van der Waals surface area contributed by atoms with Gasteiger partial charge in [0.15, 0.2) is 6.04 Å². The molecule has 38 heavy (non-hydrogen) atoms. The second-order valence-corrected chi connectivity index (χ2v) is 9.25. The normalized spacial score (nSPS) is 12.1. The van der Waals surface area contributed by atoms with Crippen LogP contribution in [-0.2, 0) is 16.0 Å². The van der Waals surface area contributed by atoms with Gasteiger partial charge in [0.25, 0.3) is 0 Å². The molecule has 1 atom stereocenters. The van der Waals surface area contributed by atoms with Crippen molar-refractivity contribution in [2.45, 2.75) is 33.2 Å². The fourth-order valence-electron chi connectivity index (χ4n) is 4.87. The van der Waals surface area contributed by atoms with Crippen molar-refractivity contribution < 1.29 is 28.6 Å². The van der Waals surface area contributed by atoms with E-state index >= 15 is 0 Å². The second-order valence-electron chi connectivity index (χ2n) is 9.25. The molecule has 0 fully saturated rings. The van der Waals surface area contributed by atoms with Gasteiger partial charge in [0.2, 0.25) is 5.91 Å². The first kappa shape index (κ1) is 24.8. The standard InChI is InChI=1S/C30H25NO7/c1-15-21-13-23-25(18-7-5-4-6-8-18)17(3)37-28(23)16(2)27(21)38-30(36)22(15)14-24(33)31-26(29(34)35)19-9-11-20(32)12-10-19/h4-13,26,32H,14H2,1-3H3,(H,31,33)(H,34,35). The third kappa shape index (κ3) is 4.30. The molecule has 1 amide bonds. The SMILES string of the molecule is Cc1oc2c(C)c3oc(=O)c(CC(=O)NC(C(=O)O)c4ccc(O)cc4)c(C)c3cc2c1-c1ccccc1. The predicted octanol–water partition coefficient (Wildman–Crippen LogP) is 5.32. The smallest absolute Gasteiger partial charge is 0.340 e. The Kier molecular flexibility index (Phi) is 6.24. The van der Waals surface area contributed by atoms with Crippen LogP contribution in [-0.4, -0.2) is 22.1 Å². The van der Waals surface area contributed by atoms with Crippen molar-refractivity contribution in [3.05, 3.63) is 99.1 Å². The molecular formula is C30H25NO7. The molecule has 0 radical (unpaired) electrons. The Morgan fingerprint density at radius 3 is 2.21 bits per heavy atom. The van der Waals surface area contributed by atoms with Crippen molar-refractivity contribution >= 4 is 33.8 Å². The van der Waals surface area contributed by atoms with E-state index in [9.17, 15) is 24.6 Å². The minimum absolute atomic E-state index is 0.0266. The van der Waals surface area contributed by atoms with E-state index in [0.29, 0.717) is 27.7 Å². The Morgan fingerprint density at radius 2 is 1.55 bits per heavy atom. The molecule has 0 bridgehead atoms. The number of carbonyl (C=O) groups is 2. The van der Waals surface area contributed by atoms with Gasteiger partial charge in [-0.2, -0.15) is 0 Å². The van der Waals surface area contributed by atoms with Crippen molar-refractivity contribution in [2.75, 3.05) is 0 Å². The van der Waals surface area contributed by atoms with Gasteiger partial charge in [-0.15, -0.1) is 0 Å². The van der Waals surface area contributed by atoms with Gasteiger partial charge in [-0.1, -0.05) is 42.5 Å². The highest BCUT2D eigenvalue weighted by atomic mass is 16.4. The van der Waals surface area contributed by atoms with Gasteiger partial charge in [-0.3, -0.25) is 4.79 Å². The zero-order valence-corrected chi connectivity index (χ0v) is 21.0. The topological polar surface area (TPSA) is 130 Å². The van der Waals surface area contributed by atoms with E-state index in [4.69, 9.17) is 8.83 Å². The largest absolute Gasteiger partial charge is 0.508 e. The van der Waals surface area contributed by atoms with Crippen molar-refractivity contribution in [2.24, 2.45) is 0 Å². The minimum Gasteiger partial charge on any atom is -0.508 e. The van der Waals surface area contributed by atoms with Gasteiger partial charge < -0.3 is 24.4 Å². The molecule has 5 rings (SSSR count). The Balaban J connectivity index is 1.56. The summed E-state index contributed by atoms with van der Waals surface area (Å²) in [6.07, 6.45) is -0.362. The summed E-state index contributed by atoms with van der Waals surface area (Å²) in [5.74, 6) is -1.21. The number of furan rings is 1. The number of hydrogen-bond donors (Lipinski definition) is 3. The van der Waals surface area contributed by atoms with Crippen LogP contribution in [0.5, 0.6) is 5.75 Å². The zero-order valence-electron chi connectivity index (χ0n) is 21.0. The number of fused-ring (bicyclic) bond motifs is 2. The summed E-state index contributed by atoms with van der Waals surface area (Å²) in [4.78, 5) is 37.7. The average molecular weight is 512 g/mol. The third-order valence-corrected chi connectivity index (χ3v) is 6.81. The molecule has 8 nitrogen and oxygen atoms in total. The van der Waals surface area contributed by atoms with Crippen LogP contribution in [0.4, 0.5) is 0 Å². The van der Waals surface area contributed by atoms with Crippen LogP contribution < -0.4 is 10.9 Å². The lowest BCUT2D eigenvalue weighted by Crippen LogP contribution is -2.35. The Hall–Kier alpha value is -4.85. The van der Waals surface area contributed by atoms with E-state index in [0.717, 1.165) is 22.3 Å². The number of hydrogen-bond acceptors (Lipinski definition) is 6. The fourth-order valence-corrected chi connectivity index (χ4v) is 4.87. The molecule has 0 aliphatic heterocycles. The first-order chi connectivity index (χ1) is 18.2. The summed E-state index contributed by atoms with van der Waals surface area (Å²) in [5.41, 5.74) is 3.95. The number of benzene rings is 3. The number of aryl methyl sites for hydroxylation is 3. The number of aromatic hydroxyl groups is 1. The molecule has 5 aromatic rings. The summed E-state index contributed by atoms with van der Waals surface area (Å²) in [6, 6.07) is 15.9. The Morgan fingerprint density at radius 1 is 0.895 bits per heavy atom. The molecule has 0 aliphatic rings. The average Bonchev–Trinajstić information content (AvgIpc) is 3.23. The maximum absolute atomic E-state index is 13.0. The number of carboxylic acids is 1. The Bertz CT molecular complexity index is 1760. The van der Waals surface area contributed by atoms with Gasteiger partial charge in [-0.25, -0.2) is 9.59 Å². The highest BCUT2D eigenvalue weighted by Gasteiger charge is 2.25. The highest BCUT2D eigenvalue weighted by Crippen LogP contribution is 2.39. The third-order valence-electron chi connectivity index (χ3n) is 6.81. The van der Waals surface area contributed by atoms with Crippen molar-refractivity contribution in [3.63, 3.8) is 0 Å². The molecule has 0 aliphatic carbocycles. The number of nitrogens with one attached hydrogen (secondary N) is 1. The number of amides is 1. The molecule has 0 saturated carbocycles. The van der Waals surface area contributed by atoms with Crippen molar-refractivity contribution in [1.82, 2.24) is 5.32 Å². The predicted molar refractivity (Wildman–Crippen MR) is 142 cm³/mol. The van der Waals surface area contributed by atoms with Gasteiger partial charge in [-0.05, 0) is 55.7 Å². The molecule has 2 heterocycles. The molecule has 8 heteroatoms. The quantitative estimate of drug-likeness (QED) is 0.263. The summed E-state index contributed by atoms with van der Waals surface area (Å²) in [6.45, 7) is 5.46. The van der Waals surface area contributed by atoms with Crippen LogP contribution >= 0.6 is 0 Å². The van der Waals surface area contributed by atoms with Crippen LogP contribution in [0.3, 0.4) is 0 Å². The molecular weight excluding hydrogens is 486 g/mol. The number of phenols is 1. The van der Waals surface area contributed by atoms with E-state index in [-0.39, 0.29) is 23.3 Å². The number of carboxylic acid groups (broad SMARTS) is 1. The second kappa shape index (κ2) is 9.55. The van der Waals surface area contributed by atoms with Gasteiger partial charge in [0.1, 0.15) is 22.7 Å². The lowest BCUT2D eigenvalue weighted by atomic mass is 9.96. The van der Waals surface area contributed by atoms with Crippen LogP contribution in [0.25, 0.3) is 33.1 Å². The number of phenolic OH excluding ortho intramolecular Hbond substituents is 1. The first-order valence-corrected chi connectivity index (χ1v) is 12.0. The van der Waals surface area contributed by atoms with Gasteiger partial charge in [0.05, 0.1) is 12.0 Å². The fraction of sp³-hybridized carbons (Fsp3) is 0.167. The maximum atomic E-state index is 13.0. The molecule has 3 N–H and O–H groups in total. The highest BCUT2D eigenvalue weighted by molar-refractivity contribution is 6.06. The number of rotatable bonds is 6. The summed E-state index contributed by atoms with van der Waals surface area (Å²) in [5, 5.41) is 23.1. The first-order valence-electron chi connectivity index (χ1n) is 12.0. The van der Waals surface area contributed by atoms with Gasteiger partial charge in [0, 0.05) is 21.9 Å². The van der Waals surface area contributed by atoms with E-state index in [1.54, 1.807) is 6.92 Å². The van der Waals surface area contributed by atoms with Crippen LogP contribution in [0.2, 0.25) is 0 Å². The molecule has 192 valence electrons. The molecule has 3 aromatic carbocycles. The minimum atomic E-state index is -1.35. The lowest BCUT2D eigenvalue weighted by Gasteiger charge is -2.16. The zero-order chi connectivity index (χ0) is 27.1. The molecule has 0 saturated heterocycles. The van der Waals surface area contributed by atoms with E-state index in [1.165, 1.54) is 24.3 Å². The Labute approximate surface area is 217 Å². The van der Waals surface area contributed by atoms with Gasteiger partial charge >= 0.3 is 11.6 Å². The summed E-state index contributed by atoms with van der Waals surface area (Å²) < 4.78 is 11.8. The lowest BCUT2D eigenvalue weighted by molar-refractivity contribution is -0.142. The number of carbonyl (C=O) groups excluding carboxylic acids is 1. The maximum Gasteiger partial charge on any atom is 0.340 e. The van der Waals surface area contributed by atoms with E-state index in [1.807, 2.05) is 50.2 Å².